The summed E-state index contributed by atoms with van der Waals surface area (Å²) in [4.78, 5) is 29.7. The topological polar surface area (TPSA) is 67.2 Å². The number of carbonyl (C=O) groups excluding carboxylic acids is 2. The highest BCUT2D eigenvalue weighted by Crippen LogP contribution is 2.17. The summed E-state index contributed by atoms with van der Waals surface area (Å²) in [7, 11) is 1.78. The van der Waals surface area contributed by atoms with Crippen LogP contribution in [-0.4, -0.2) is 39.9 Å². The number of hydrogen-bond acceptors (Lipinski definition) is 3. The molecule has 2 heterocycles. The van der Waals surface area contributed by atoms with E-state index < -0.39 is 0 Å². The van der Waals surface area contributed by atoms with E-state index >= 15 is 0 Å². The van der Waals surface area contributed by atoms with E-state index in [1.54, 1.807) is 24.5 Å². The number of rotatable bonds is 5. The third kappa shape index (κ3) is 4.01. The summed E-state index contributed by atoms with van der Waals surface area (Å²) in [6, 6.07) is 8.13. The molecule has 0 unspecified atom stereocenters. The minimum absolute atomic E-state index is 0.0311. The molecule has 0 spiro atoms. The van der Waals surface area contributed by atoms with Gasteiger partial charge in [-0.25, -0.2) is 4.98 Å². The number of likely N-dealkylation sites (tertiary alicyclic amines) is 1. The Morgan fingerprint density at radius 3 is 2.96 bits per heavy atom. The summed E-state index contributed by atoms with van der Waals surface area (Å²) < 4.78 is 2.00. The van der Waals surface area contributed by atoms with Crippen molar-refractivity contribution in [1.29, 1.82) is 0 Å². The van der Waals surface area contributed by atoms with Gasteiger partial charge in [0.25, 0.3) is 0 Å². The van der Waals surface area contributed by atoms with Crippen molar-refractivity contribution in [2.24, 2.45) is 5.92 Å². The van der Waals surface area contributed by atoms with Gasteiger partial charge in [0.15, 0.2) is 0 Å². The van der Waals surface area contributed by atoms with E-state index in [-0.39, 0.29) is 17.7 Å². The van der Waals surface area contributed by atoms with E-state index in [9.17, 15) is 9.59 Å². The number of piperidine rings is 1. The summed E-state index contributed by atoms with van der Waals surface area (Å²) in [5, 5.41) is 2.96. The van der Waals surface area contributed by atoms with Crippen molar-refractivity contribution >= 4 is 11.8 Å². The van der Waals surface area contributed by atoms with Crippen molar-refractivity contribution in [1.82, 2.24) is 19.8 Å². The molecule has 1 saturated heterocycles. The smallest absolute Gasteiger partial charge is 0.223 e. The molecular weight excluding hydrogens is 304 g/mol. The van der Waals surface area contributed by atoms with Gasteiger partial charge in [0.05, 0.1) is 6.33 Å². The van der Waals surface area contributed by atoms with Crippen molar-refractivity contribution in [3.05, 3.63) is 54.1 Å². The van der Waals surface area contributed by atoms with Crippen molar-refractivity contribution in [2.75, 3.05) is 13.6 Å². The lowest BCUT2D eigenvalue weighted by Crippen LogP contribution is -2.41. The standard InChI is InChI=1S/C18H22N4O2/c1-21-7-5-16(10-17(21)23)18(24)20-11-14-3-2-4-15(9-14)12-22-8-6-19-13-22/h2-4,6,8-9,13,16H,5,7,10-12H2,1H3,(H,20,24)/t16-/m1/s1. The molecule has 126 valence electrons. The first-order chi connectivity index (χ1) is 11.6. The highest BCUT2D eigenvalue weighted by atomic mass is 16.2. The van der Waals surface area contributed by atoms with Crippen LogP contribution < -0.4 is 5.32 Å². The van der Waals surface area contributed by atoms with Crippen LogP contribution in [-0.2, 0) is 22.7 Å². The minimum Gasteiger partial charge on any atom is -0.352 e. The van der Waals surface area contributed by atoms with E-state index in [2.05, 4.69) is 22.4 Å². The molecule has 1 aromatic carbocycles. The minimum atomic E-state index is -0.206. The number of nitrogens with zero attached hydrogens (tertiary/aromatic N) is 3. The Morgan fingerprint density at radius 2 is 2.21 bits per heavy atom. The highest BCUT2D eigenvalue weighted by Gasteiger charge is 2.28. The first-order valence-electron chi connectivity index (χ1n) is 8.17. The normalized spacial score (nSPS) is 17.8. The van der Waals surface area contributed by atoms with Crippen LogP contribution in [0.15, 0.2) is 43.0 Å². The number of imidazole rings is 1. The number of carbonyl (C=O) groups is 2. The predicted molar refractivity (Wildman–Crippen MR) is 90.0 cm³/mol. The number of hydrogen-bond donors (Lipinski definition) is 1. The van der Waals surface area contributed by atoms with Crippen molar-refractivity contribution in [3.8, 4) is 0 Å². The maximum Gasteiger partial charge on any atom is 0.223 e. The zero-order valence-electron chi connectivity index (χ0n) is 13.8. The molecule has 1 aliphatic rings. The van der Waals surface area contributed by atoms with Gasteiger partial charge in [-0.15, -0.1) is 0 Å². The maximum atomic E-state index is 12.3. The zero-order chi connectivity index (χ0) is 16.9. The highest BCUT2D eigenvalue weighted by molar-refractivity contribution is 5.86. The first-order valence-corrected chi connectivity index (χ1v) is 8.17. The monoisotopic (exact) mass is 326 g/mol. The Morgan fingerprint density at radius 1 is 1.38 bits per heavy atom. The number of amides is 2. The SMILES string of the molecule is CN1CC[C@@H](C(=O)NCc2cccc(Cn3ccnc3)c2)CC1=O. The third-order valence-corrected chi connectivity index (χ3v) is 4.41. The van der Waals surface area contributed by atoms with Crippen LogP contribution in [0.5, 0.6) is 0 Å². The third-order valence-electron chi connectivity index (χ3n) is 4.41. The van der Waals surface area contributed by atoms with Crippen LogP contribution in [0.25, 0.3) is 0 Å². The fraction of sp³-hybridized carbons (Fsp3) is 0.389. The second-order valence-electron chi connectivity index (χ2n) is 6.28. The van der Waals surface area contributed by atoms with E-state index in [1.165, 1.54) is 0 Å². The average Bonchev–Trinajstić information content (AvgIpc) is 3.08. The molecule has 1 atom stereocenters. The average molecular weight is 326 g/mol. The number of aromatic nitrogens is 2. The fourth-order valence-electron chi connectivity index (χ4n) is 2.93. The van der Waals surface area contributed by atoms with E-state index in [0.29, 0.717) is 19.5 Å². The summed E-state index contributed by atoms with van der Waals surface area (Å²) in [6.45, 7) is 1.89. The molecule has 1 fully saturated rings. The molecular formula is C18H22N4O2. The van der Waals surface area contributed by atoms with Crippen molar-refractivity contribution in [2.45, 2.75) is 25.9 Å². The largest absolute Gasteiger partial charge is 0.352 e. The lowest BCUT2D eigenvalue weighted by molar-refractivity contribution is -0.139. The van der Waals surface area contributed by atoms with E-state index in [1.807, 2.05) is 22.9 Å². The van der Waals surface area contributed by atoms with Gasteiger partial charge in [0, 0.05) is 51.4 Å². The van der Waals surface area contributed by atoms with Crippen LogP contribution >= 0.6 is 0 Å². The predicted octanol–water partition coefficient (Wildman–Crippen LogP) is 1.42. The van der Waals surface area contributed by atoms with Gasteiger partial charge < -0.3 is 14.8 Å². The molecule has 24 heavy (non-hydrogen) atoms. The van der Waals surface area contributed by atoms with Gasteiger partial charge >= 0.3 is 0 Å². The van der Waals surface area contributed by atoms with Crippen LogP contribution in [0.1, 0.15) is 24.0 Å². The zero-order valence-corrected chi connectivity index (χ0v) is 13.8. The van der Waals surface area contributed by atoms with Gasteiger partial charge in [-0.1, -0.05) is 24.3 Å². The molecule has 6 nitrogen and oxygen atoms in total. The Kier molecular flexibility index (Phi) is 4.93. The number of nitrogens with one attached hydrogen (secondary N) is 1. The summed E-state index contributed by atoms with van der Waals surface area (Å²) in [6.07, 6.45) is 6.50. The molecule has 2 aromatic rings. The molecule has 2 amide bonds. The molecule has 6 heteroatoms. The van der Waals surface area contributed by atoms with Gasteiger partial charge in [0.2, 0.25) is 11.8 Å². The molecule has 0 radical (unpaired) electrons. The molecule has 0 bridgehead atoms. The second-order valence-corrected chi connectivity index (χ2v) is 6.28. The summed E-state index contributed by atoms with van der Waals surface area (Å²) >= 11 is 0. The Bertz CT molecular complexity index is 712. The fourth-order valence-corrected chi connectivity index (χ4v) is 2.93. The van der Waals surface area contributed by atoms with E-state index in [0.717, 1.165) is 24.1 Å². The second kappa shape index (κ2) is 7.29. The van der Waals surface area contributed by atoms with Gasteiger partial charge in [-0.05, 0) is 17.5 Å². The van der Waals surface area contributed by atoms with Gasteiger partial charge in [0.1, 0.15) is 0 Å². The van der Waals surface area contributed by atoms with Crippen molar-refractivity contribution in [3.63, 3.8) is 0 Å². The quantitative estimate of drug-likeness (QED) is 0.903. The van der Waals surface area contributed by atoms with Crippen LogP contribution in [0.2, 0.25) is 0 Å². The molecule has 1 aromatic heterocycles. The molecule has 1 N–H and O–H groups in total. The van der Waals surface area contributed by atoms with Crippen LogP contribution in [0.3, 0.4) is 0 Å². The Hall–Kier alpha value is -2.63. The molecule has 0 saturated carbocycles. The first kappa shape index (κ1) is 16.2. The molecule has 0 aliphatic carbocycles. The van der Waals surface area contributed by atoms with Crippen molar-refractivity contribution < 1.29 is 9.59 Å². The van der Waals surface area contributed by atoms with Gasteiger partial charge in [-0.2, -0.15) is 0 Å². The summed E-state index contributed by atoms with van der Waals surface area (Å²) in [5.41, 5.74) is 2.22. The van der Waals surface area contributed by atoms with Crippen LogP contribution in [0.4, 0.5) is 0 Å². The molecule has 3 rings (SSSR count). The molecule has 1 aliphatic heterocycles. The lowest BCUT2D eigenvalue weighted by atomic mass is 9.95. The number of benzene rings is 1. The summed E-state index contributed by atoms with van der Waals surface area (Å²) in [5.74, 6) is -0.192. The lowest BCUT2D eigenvalue weighted by Gasteiger charge is -2.27. The van der Waals surface area contributed by atoms with Gasteiger partial charge in [-0.3, -0.25) is 9.59 Å². The maximum absolute atomic E-state index is 12.3. The van der Waals surface area contributed by atoms with Crippen LogP contribution in [0, 0.1) is 5.92 Å². The Balaban J connectivity index is 1.54. The Labute approximate surface area is 141 Å². The van der Waals surface area contributed by atoms with E-state index in [4.69, 9.17) is 0 Å².